The van der Waals surface area contributed by atoms with E-state index >= 15 is 0 Å². The van der Waals surface area contributed by atoms with Crippen LogP contribution in [0.2, 0.25) is 0 Å². The number of hydrogen-bond acceptors (Lipinski definition) is 36. The smallest absolute Gasteiger partial charge is 0.744 e. The summed E-state index contributed by atoms with van der Waals surface area (Å²) in [4.78, 5) is 96.6. The second-order valence-electron chi connectivity index (χ2n) is 32.9. The van der Waals surface area contributed by atoms with Crippen LogP contribution in [0.1, 0.15) is 0 Å². The van der Waals surface area contributed by atoms with Crippen LogP contribution in [0, 0.1) is 0 Å². The Labute approximate surface area is 839 Å². The van der Waals surface area contributed by atoms with E-state index in [-0.39, 0.29) is 137 Å². The molecule has 42 nitrogen and oxygen atoms in total. The molecule has 0 saturated carbocycles. The number of hydrogen-bond donors (Lipinski definition) is 6. The van der Waals surface area contributed by atoms with E-state index in [1.807, 2.05) is 109 Å². The number of rotatable bonds is 6. The van der Waals surface area contributed by atoms with Gasteiger partial charge in [0.1, 0.15) is 128 Å². The van der Waals surface area contributed by atoms with E-state index < -0.39 is 106 Å². The Balaban J connectivity index is 0.000000120. The fourth-order valence-electron chi connectivity index (χ4n) is 18.4. The Kier molecular flexibility index (Phi) is 21.6. The molecule has 9 aromatic heterocycles. The van der Waals surface area contributed by atoms with Gasteiger partial charge in [0.2, 0.25) is 0 Å². The van der Waals surface area contributed by atoms with Crippen LogP contribution >= 0.6 is 0 Å². The molecule has 0 fully saturated rings. The summed E-state index contributed by atoms with van der Waals surface area (Å²) in [5.41, 5.74) is 9.25. The molecule has 0 radical (unpaired) electrons. The van der Waals surface area contributed by atoms with Gasteiger partial charge in [-0.3, -0.25) is 0 Å². The quantitative estimate of drug-likeness (QED) is 0.0665. The van der Waals surface area contributed by atoms with Crippen molar-refractivity contribution in [3.63, 3.8) is 0 Å². The zero-order valence-electron chi connectivity index (χ0n) is 73.3. The minimum Gasteiger partial charge on any atom is -0.744 e. The molecule has 15 heterocycles. The molecule has 6 aliphatic heterocycles. The van der Waals surface area contributed by atoms with E-state index in [1.54, 1.807) is 109 Å². The van der Waals surface area contributed by atoms with Crippen molar-refractivity contribution < 1.29 is 77.8 Å². The van der Waals surface area contributed by atoms with Crippen LogP contribution < -0.4 is 0 Å². The second-order valence-corrected chi connectivity index (χ2v) is 40.9. The van der Waals surface area contributed by atoms with Gasteiger partial charge in [-0.05, 0) is 36.4 Å². The van der Waals surface area contributed by atoms with E-state index in [2.05, 4.69) is 59.8 Å². The van der Waals surface area contributed by atoms with Crippen molar-refractivity contribution in [1.29, 1.82) is 0 Å². The monoisotopic (exact) mass is 2070 g/mol. The van der Waals surface area contributed by atoms with Gasteiger partial charge < -0.3 is 57.2 Å². The molecule has 0 saturated heterocycles. The summed E-state index contributed by atoms with van der Waals surface area (Å²) in [5, 5.41) is 3.39. The molecule has 24 bridgehead atoms. The molecule has 21 aromatic rings. The van der Waals surface area contributed by atoms with Gasteiger partial charge in [-0.25, -0.2) is 140 Å². The van der Waals surface area contributed by atoms with Crippen molar-refractivity contribution in [2.75, 3.05) is 0 Å². The number of nitrogens with zero attached hydrogens (tertiary/aromatic N) is 18. The maximum Gasteiger partial charge on any atom is 3.00 e. The molecule has 0 amide bonds. The van der Waals surface area contributed by atoms with E-state index in [0.29, 0.717) is 118 Å². The van der Waals surface area contributed by atoms with Crippen molar-refractivity contribution in [2.24, 2.45) is 0 Å². The zero-order chi connectivity index (χ0) is 98.8. The van der Waals surface area contributed by atoms with Gasteiger partial charge in [-0.2, -0.15) is 0 Å². The fourth-order valence-corrected chi connectivity index (χ4v) is 24.2. The van der Waals surface area contributed by atoms with Crippen LogP contribution in [0.4, 0.5) is 0 Å². The summed E-state index contributed by atoms with van der Waals surface area (Å²) in [6.45, 7) is 0. The third-order valence-electron chi connectivity index (χ3n) is 24.5. The average Bonchev–Trinajstić information content (AvgIpc) is 1.58. The Bertz CT molecular complexity index is 9890. The first kappa shape index (κ1) is 92.9. The zero-order valence-corrected chi connectivity index (χ0v) is 80.5. The number of aromatic nitrogens is 24. The van der Waals surface area contributed by atoms with Crippen molar-refractivity contribution in [2.45, 2.75) is 29.4 Å². The van der Waals surface area contributed by atoms with Crippen molar-refractivity contribution in [1.82, 2.24) is 120 Å². The van der Waals surface area contributed by atoms with E-state index in [9.17, 15) is 77.8 Å². The predicted molar refractivity (Wildman–Crippen MR) is 527 cm³/mol. The minimum absolute atomic E-state index is 0. The van der Waals surface area contributed by atoms with Crippen LogP contribution in [0.15, 0.2) is 284 Å². The van der Waals surface area contributed by atoms with Gasteiger partial charge in [0.05, 0.1) is 29.4 Å². The molecule has 0 atom stereocenters. The maximum absolute atomic E-state index is 12.7. The molecule has 50 heteroatoms. The molecule has 12 aromatic carbocycles. The Morgan fingerprint density at radius 3 is 0.425 bits per heavy atom. The van der Waals surface area contributed by atoms with E-state index in [4.69, 9.17) is 59.8 Å². The van der Waals surface area contributed by atoms with Gasteiger partial charge >= 0.3 is 34.7 Å². The van der Waals surface area contributed by atoms with Crippen LogP contribution in [0.3, 0.4) is 0 Å². The number of benzene rings is 12. The third-order valence-corrected chi connectivity index (χ3v) is 30.3. The molecule has 146 heavy (non-hydrogen) atoms. The predicted octanol–water partition coefficient (Wildman–Crippen LogP) is 13.3. The van der Waals surface area contributed by atoms with Gasteiger partial charge in [-0.1, -0.05) is 218 Å². The van der Waals surface area contributed by atoms with Crippen LogP contribution in [-0.4, -0.2) is 232 Å². The summed E-state index contributed by atoms with van der Waals surface area (Å²) in [5.74, 6) is 2.63. The number of fused-ring (bicyclic) bond motifs is 60. The largest absolute Gasteiger partial charge is 3.00 e. The van der Waals surface area contributed by atoms with Crippen LogP contribution in [0.25, 0.3) is 269 Å². The second kappa shape index (κ2) is 34.0. The van der Waals surface area contributed by atoms with Crippen molar-refractivity contribution >= 4 is 228 Å². The Hall–Kier alpha value is -16.8. The molecular weight excluding hydrogens is 2020 g/mol. The number of nitrogens with one attached hydrogen (secondary N) is 6. The average molecular weight is 2070 g/mol. The van der Waals surface area contributed by atoms with Gasteiger partial charge in [-0.15, -0.1) is 0 Å². The fraction of sp³-hybridized carbons (Fsp3) is 0. The first-order valence-electron chi connectivity index (χ1n) is 42.7. The van der Waals surface area contributed by atoms with Crippen molar-refractivity contribution in [3.05, 3.63) is 255 Å². The first-order valence-corrected chi connectivity index (χ1v) is 51.2. The van der Waals surface area contributed by atoms with E-state index in [0.717, 1.165) is 50.5 Å². The van der Waals surface area contributed by atoms with Crippen LogP contribution in [-0.2, 0) is 60.7 Å². The summed E-state index contributed by atoms with van der Waals surface area (Å²) in [6, 6.07) is 71.5. The number of H-pyrrole nitrogens is 6. The standard InChI is InChI=1S/3C32H18N8O6S2.2Al/c3*41-47(42,43)22-14-13-21-23(24(22)48(44,45)46)32-39-30-20-12-6-5-11-19(20)28(37-30)35-26-16-8-2-1-7-15(16)25(33-26)34-27-17-9-3-4-10-18(17)29(36-27)38-31(21)40-32;;/h3*1-14H,(H,41,42,43)(H,44,45,46)(H2,33,34,35,36,37,38,39,40);;/q;;;2*+3/p-6. The van der Waals surface area contributed by atoms with Gasteiger partial charge in [0, 0.05) is 131 Å². The molecule has 27 rings (SSSR count). The molecule has 0 unspecified atom stereocenters. The first-order chi connectivity index (χ1) is 69.1. The Morgan fingerprint density at radius 1 is 0.151 bits per heavy atom. The van der Waals surface area contributed by atoms with E-state index in [1.165, 1.54) is 18.2 Å². The van der Waals surface area contributed by atoms with Crippen molar-refractivity contribution in [3.8, 4) is 137 Å². The van der Waals surface area contributed by atoms with Crippen LogP contribution in [0.5, 0.6) is 0 Å². The maximum atomic E-state index is 12.7. The molecule has 6 N–H and O–H groups in total. The summed E-state index contributed by atoms with van der Waals surface area (Å²) < 4.78 is 224. The minimum atomic E-state index is -5.56. The third kappa shape index (κ3) is 15.5. The summed E-state index contributed by atoms with van der Waals surface area (Å²) in [6.07, 6.45) is 0. The molecule has 6 aliphatic rings. The van der Waals surface area contributed by atoms with Gasteiger partial charge in [0.25, 0.3) is 0 Å². The summed E-state index contributed by atoms with van der Waals surface area (Å²) >= 11 is 0. The molecule has 0 aliphatic carbocycles. The topological polar surface area (TPSA) is 670 Å². The number of aromatic amines is 6. The molecule has 0 spiro atoms. The van der Waals surface area contributed by atoms with Gasteiger partial charge in [0.15, 0.2) is 69.9 Å². The SMILES string of the molecule is O=S(=O)([O-])c1ccc2c3nc4nc(nc5[nH]c(nc6nc(nc([nH]3)c2c1S(=O)(=O)[O-])-c1ccccc1-6)c1ccccc51)-c1ccccc1-4.O=S(=O)([O-])c1ccc2c3nc4nc(nc5[nH]c(nc6nc(nc([nH]3)c2c1S(=O)(=O)[O-])-c1ccccc1-6)c1ccccc51)-c1ccccc1-4.O=S(=O)([O-])c1ccc2c3nc4nc(nc5[nH]c(nc6nc(nc([nH]3)c2c1S(=O)(=O)[O-])-c1ccccc1-6)c1ccccc51)-c1ccccc1-4.[Al+3].[Al+3]. The molecule has 702 valence electrons. The normalized spacial score (nSPS) is 12.5. The summed E-state index contributed by atoms with van der Waals surface area (Å²) in [7, 11) is -32.9. The molecular formula is C96H48Al2N24O18S6. The Morgan fingerprint density at radius 2 is 0.281 bits per heavy atom.